The van der Waals surface area contributed by atoms with Gasteiger partial charge >= 0.3 is 6.18 Å². The van der Waals surface area contributed by atoms with Crippen molar-refractivity contribution in [3.05, 3.63) is 23.2 Å². The molecule has 0 fully saturated rings. The molecule has 1 aromatic rings. The Morgan fingerprint density at radius 1 is 1.46 bits per heavy atom. The fraction of sp³-hybridized carbons (Fsp3) is 0.500. The Morgan fingerprint density at radius 2 is 2.00 bits per heavy atom. The van der Waals surface area contributed by atoms with E-state index in [1.807, 2.05) is 0 Å². The first-order chi connectivity index (χ1) is 5.82. The third kappa shape index (κ3) is 2.03. The molecule has 5 heteroatoms. The maximum absolute atomic E-state index is 12.3. The van der Waals surface area contributed by atoms with Crippen LogP contribution >= 0.6 is 0 Å². The van der Waals surface area contributed by atoms with E-state index in [0.29, 0.717) is 0 Å². The summed E-state index contributed by atoms with van der Waals surface area (Å²) >= 11 is 0. The minimum absolute atomic E-state index is 0.00463. The van der Waals surface area contributed by atoms with E-state index in [0.717, 1.165) is 0 Å². The van der Waals surface area contributed by atoms with E-state index in [4.69, 9.17) is 5.73 Å². The summed E-state index contributed by atoms with van der Waals surface area (Å²) in [5.74, 6) is -0.764. The Labute approximate surface area is 73.5 Å². The van der Waals surface area contributed by atoms with Gasteiger partial charge < -0.3 is 10.2 Å². The van der Waals surface area contributed by atoms with Crippen LogP contribution in [0.2, 0.25) is 0 Å². The molecule has 0 saturated carbocycles. The lowest BCUT2D eigenvalue weighted by Gasteiger charge is -2.07. The van der Waals surface area contributed by atoms with Crippen molar-refractivity contribution in [3.63, 3.8) is 0 Å². The molecule has 1 heterocycles. The average molecular weight is 193 g/mol. The zero-order chi connectivity index (χ0) is 10.2. The maximum Gasteiger partial charge on any atom is 0.449 e. The Bertz CT molecular complexity index is 301. The number of aryl methyl sites for hydroxylation is 1. The molecule has 0 aliphatic rings. The van der Waals surface area contributed by atoms with E-state index < -0.39 is 18.0 Å². The van der Waals surface area contributed by atoms with Gasteiger partial charge in [0, 0.05) is 11.6 Å². The molecule has 0 radical (unpaired) electrons. The van der Waals surface area contributed by atoms with Crippen molar-refractivity contribution in [3.8, 4) is 0 Å². The lowest BCUT2D eigenvalue weighted by Crippen LogP contribution is -2.12. The van der Waals surface area contributed by atoms with Crippen LogP contribution < -0.4 is 5.73 Å². The third-order valence-electron chi connectivity index (χ3n) is 1.63. The van der Waals surface area contributed by atoms with Gasteiger partial charge in [0.2, 0.25) is 5.76 Å². The molecule has 2 N–H and O–H groups in total. The molecule has 1 rings (SSSR count). The number of rotatable bonds is 1. The molecular formula is C8H10F3NO. The molecule has 2 nitrogen and oxygen atoms in total. The van der Waals surface area contributed by atoms with Crippen molar-refractivity contribution in [1.29, 1.82) is 0 Å². The first kappa shape index (κ1) is 10.1. The molecular weight excluding hydrogens is 183 g/mol. The monoisotopic (exact) mass is 193 g/mol. The van der Waals surface area contributed by atoms with Gasteiger partial charge in [-0.2, -0.15) is 13.2 Å². The number of nitrogens with two attached hydrogens (primary N) is 1. The van der Waals surface area contributed by atoms with Crippen LogP contribution in [0, 0.1) is 6.92 Å². The molecule has 0 bridgehead atoms. The smallest absolute Gasteiger partial charge is 0.449 e. The molecule has 0 unspecified atom stereocenters. The summed E-state index contributed by atoms with van der Waals surface area (Å²) in [6.45, 7) is 2.95. The van der Waals surface area contributed by atoms with E-state index in [9.17, 15) is 13.2 Å². The summed E-state index contributed by atoms with van der Waals surface area (Å²) in [6.07, 6.45) is -4.46. The summed E-state index contributed by atoms with van der Waals surface area (Å²) in [5.41, 5.74) is 5.37. The van der Waals surface area contributed by atoms with Gasteiger partial charge in [-0.3, -0.25) is 0 Å². The maximum atomic E-state index is 12.3. The summed E-state index contributed by atoms with van der Waals surface area (Å²) in [7, 11) is 0. The number of hydrogen-bond acceptors (Lipinski definition) is 2. The van der Waals surface area contributed by atoms with Gasteiger partial charge in [0.25, 0.3) is 0 Å². The topological polar surface area (TPSA) is 39.2 Å². The second kappa shape index (κ2) is 3.06. The van der Waals surface area contributed by atoms with Crippen molar-refractivity contribution in [2.45, 2.75) is 26.1 Å². The highest BCUT2D eigenvalue weighted by atomic mass is 19.4. The van der Waals surface area contributed by atoms with Gasteiger partial charge in [0.15, 0.2) is 0 Å². The van der Waals surface area contributed by atoms with Crippen molar-refractivity contribution in [2.75, 3.05) is 0 Å². The minimum Gasteiger partial charge on any atom is -0.456 e. The van der Waals surface area contributed by atoms with Gasteiger partial charge in [-0.05, 0) is 19.9 Å². The van der Waals surface area contributed by atoms with Crippen LogP contribution in [0.4, 0.5) is 13.2 Å². The quantitative estimate of drug-likeness (QED) is 0.744. The highest BCUT2D eigenvalue weighted by molar-refractivity contribution is 5.26. The Kier molecular flexibility index (Phi) is 2.38. The molecule has 0 aliphatic heterocycles. The van der Waals surface area contributed by atoms with Gasteiger partial charge in [-0.1, -0.05) is 0 Å². The standard InChI is InChI=1S/C8H10F3NO/c1-4-3-6(5(2)12)7(13-4)8(9,10)11/h3,5H,12H2,1-2H3/t5-/m0/s1. The van der Waals surface area contributed by atoms with Crippen LogP contribution in [0.3, 0.4) is 0 Å². The second-order valence-corrected chi connectivity index (χ2v) is 2.93. The van der Waals surface area contributed by atoms with E-state index in [2.05, 4.69) is 4.42 Å². The van der Waals surface area contributed by atoms with Crippen LogP contribution in [-0.4, -0.2) is 0 Å². The third-order valence-corrected chi connectivity index (χ3v) is 1.63. The van der Waals surface area contributed by atoms with E-state index in [1.165, 1.54) is 19.9 Å². The summed E-state index contributed by atoms with van der Waals surface area (Å²) < 4.78 is 41.4. The Morgan fingerprint density at radius 3 is 2.31 bits per heavy atom. The van der Waals surface area contributed by atoms with Gasteiger partial charge in [0.1, 0.15) is 5.76 Å². The lowest BCUT2D eigenvalue weighted by atomic mass is 10.1. The largest absolute Gasteiger partial charge is 0.456 e. The average Bonchev–Trinajstić information content (AvgIpc) is 2.29. The molecule has 0 aliphatic carbocycles. The predicted molar refractivity (Wildman–Crippen MR) is 41.0 cm³/mol. The highest BCUT2D eigenvalue weighted by Gasteiger charge is 2.38. The molecule has 0 spiro atoms. The molecule has 13 heavy (non-hydrogen) atoms. The number of furan rings is 1. The van der Waals surface area contributed by atoms with E-state index in [-0.39, 0.29) is 11.3 Å². The van der Waals surface area contributed by atoms with Crippen molar-refractivity contribution < 1.29 is 17.6 Å². The number of halogens is 3. The SMILES string of the molecule is Cc1cc([C@H](C)N)c(C(F)(F)F)o1. The van der Waals surface area contributed by atoms with Gasteiger partial charge in [0.05, 0.1) is 0 Å². The van der Waals surface area contributed by atoms with E-state index in [1.54, 1.807) is 0 Å². The highest BCUT2D eigenvalue weighted by Crippen LogP contribution is 2.35. The van der Waals surface area contributed by atoms with Crippen molar-refractivity contribution in [1.82, 2.24) is 0 Å². The van der Waals surface area contributed by atoms with Crippen LogP contribution in [-0.2, 0) is 6.18 Å². The van der Waals surface area contributed by atoms with Gasteiger partial charge in [-0.15, -0.1) is 0 Å². The molecule has 1 aromatic heterocycles. The Balaban J connectivity index is 3.20. The normalized spacial score (nSPS) is 14.6. The zero-order valence-electron chi connectivity index (χ0n) is 7.27. The number of hydrogen-bond donors (Lipinski definition) is 1. The van der Waals surface area contributed by atoms with Crippen LogP contribution in [0.15, 0.2) is 10.5 Å². The van der Waals surface area contributed by atoms with E-state index >= 15 is 0 Å². The number of alkyl halides is 3. The van der Waals surface area contributed by atoms with Gasteiger partial charge in [-0.25, -0.2) is 0 Å². The predicted octanol–water partition coefficient (Wildman–Crippen LogP) is 2.63. The molecule has 0 saturated heterocycles. The molecule has 74 valence electrons. The van der Waals surface area contributed by atoms with Crippen molar-refractivity contribution in [2.24, 2.45) is 5.73 Å². The summed E-state index contributed by atoms with van der Waals surface area (Å²) in [4.78, 5) is 0. The van der Waals surface area contributed by atoms with Crippen LogP contribution in [0.1, 0.15) is 30.0 Å². The fourth-order valence-electron chi connectivity index (χ4n) is 1.09. The minimum atomic E-state index is -4.46. The van der Waals surface area contributed by atoms with Crippen LogP contribution in [0.25, 0.3) is 0 Å². The molecule has 0 aromatic carbocycles. The Hall–Kier alpha value is -0.970. The summed E-state index contributed by atoms with van der Waals surface area (Å²) in [6, 6.07) is 0.641. The first-order valence-corrected chi connectivity index (χ1v) is 3.75. The molecule has 0 amide bonds. The summed E-state index contributed by atoms with van der Waals surface area (Å²) in [5, 5.41) is 0. The zero-order valence-corrected chi connectivity index (χ0v) is 7.27. The fourth-order valence-corrected chi connectivity index (χ4v) is 1.09. The van der Waals surface area contributed by atoms with Crippen molar-refractivity contribution >= 4 is 0 Å². The lowest BCUT2D eigenvalue weighted by molar-refractivity contribution is -0.154. The second-order valence-electron chi connectivity index (χ2n) is 2.93. The molecule has 1 atom stereocenters. The first-order valence-electron chi connectivity index (χ1n) is 3.75. The van der Waals surface area contributed by atoms with Crippen LogP contribution in [0.5, 0.6) is 0 Å².